The summed E-state index contributed by atoms with van der Waals surface area (Å²) in [6.07, 6.45) is 0.687. The largest absolute Gasteiger partial charge is 0.399 e. The minimum atomic E-state index is -0.0647. The number of aryl methyl sites for hydroxylation is 3. The highest BCUT2D eigenvalue weighted by molar-refractivity contribution is 5.83. The van der Waals surface area contributed by atoms with E-state index >= 15 is 0 Å². The summed E-state index contributed by atoms with van der Waals surface area (Å²) in [5.74, 6) is 0. The minimum absolute atomic E-state index is 0.0647. The first-order valence-electron chi connectivity index (χ1n) is 7.28. The van der Waals surface area contributed by atoms with Crippen molar-refractivity contribution in [3.63, 3.8) is 0 Å². The zero-order valence-electron chi connectivity index (χ0n) is 13.1. The van der Waals surface area contributed by atoms with E-state index in [4.69, 9.17) is 5.73 Å². The maximum atomic E-state index is 12.2. The molecular weight excluding hydrogens is 274 g/mol. The third-order valence-corrected chi connectivity index (χ3v) is 4.10. The summed E-state index contributed by atoms with van der Waals surface area (Å²) in [5, 5.41) is 6.10. The summed E-state index contributed by atoms with van der Waals surface area (Å²) in [6, 6.07) is 11.6. The molecular formula is C18H19N3O. The van der Waals surface area contributed by atoms with Crippen molar-refractivity contribution in [3.8, 4) is 0 Å². The lowest BCUT2D eigenvalue weighted by Crippen LogP contribution is -2.21. The third-order valence-electron chi connectivity index (χ3n) is 4.10. The van der Waals surface area contributed by atoms with Crippen molar-refractivity contribution in [1.29, 1.82) is 0 Å². The summed E-state index contributed by atoms with van der Waals surface area (Å²) in [7, 11) is 1.70. The molecule has 1 aromatic heterocycles. The number of nitrogen functional groups attached to an aromatic ring is 1. The SMILES string of the molecule is Cc1cc(N)cc(C)c1Cc1nn(C)c(=O)c2ccccc12. The van der Waals surface area contributed by atoms with Gasteiger partial charge in [-0.15, -0.1) is 0 Å². The van der Waals surface area contributed by atoms with Gasteiger partial charge < -0.3 is 5.73 Å². The zero-order chi connectivity index (χ0) is 15.9. The van der Waals surface area contributed by atoms with Gasteiger partial charge >= 0.3 is 0 Å². The van der Waals surface area contributed by atoms with Crippen LogP contribution >= 0.6 is 0 Å². The van der Waals surface area contributed by atoms with E-state index in [1.165, 1.54) is 10.2 Å². The molecule has 22 heavy (non-hydrogen) atoms. The van der Waals surface area contributed by atoms with E-state index in [0.29, 0.717) is 11.8 Å². The van der Waals surface area contributed by atoms with Crippen LogP contribution in [0, 0.1) is 13.8 Å². The van der Waals surface area contributed by atoms with Gasteiger partial charge in [-0.1, -0.05) is 18.2 Å². The number of hydrogen-bond acceptors (Lipinski definition) is 3. The number of nitrogens with two attached hydrogens (primary N) is 1. The van der Waals surface area contributed by atoms with E-state index in [9.17, 15) is 4.79 Å². The van der Waals surface area contributed by atoms with Crippen molar-refractivity contribution in [2.24, 2.45) is 7.05 Å². The molecule has 4 nitrogen and oxygen atoms in total. The van der Waals surface area contributed by atoms with Crippen LogP contribution in [0.15, 0.2) is 41.2 Å². The standard InChI is InChI=1S/C18H19N3O/c1-11-8-13(19)9-12(2)16(11)10-17-14-6-4-5-7-15(14)18(22)21(3)20-17/h4-9H,10,19H2,1-3H3. The molecule has 0 spiro atoms. The van der Waals surface area contributed by atoms with Gasteiger partial charge in [-0.05, 0) is 48.7 Å². The van der Waals surface area contributed by atoms with E-state index < -0.39 is 0 Å². The summed E-state index contributed by atoms with van der Waals surface area (Å²) in [6.45, 7) is 4.12. The third kappa shape index (κ3) is 2.37. The molecule has 2 N–H and O–H groups in total. The minimum Gasteiger partial charge on any atom is -0.399 e. The fourth-order valence-corrected chi connectivity index (χ4v) is 2.98. The van der Waals surface area contributed by atoms with Crippen LogP contribution in [0.5, 0.6) is 0 Å². The van der Waals surface area contributed by atoms with Gasteiger partial charge in [-0.3, -0.25) is 4.79 Å². The number of nitrogens with zero attached hydrogens (tertiary/aromatic N) is 2. The summed E-state index contributed by atoms with van der Waals surface area (Å²) in [4.78, 5) is 12.2. The number of anilines is 1. The van der Waals surface area contributed by atoms with Crippen LogP contribution in [0.2, 0.25) is 0 Å². The Bertz CT molecular complexity index is 902. The molecule has 0 aliphatic heterocycles. The van der Waals surface area contributed by atoms with E-state index in [1.54, 1.807) is 7.05 Å². The van der Waals surface area contributed by atoms with Gasteiger partial charge in [0.25, 0.3) is 5.56 Å². The number of hydrogen-bond donors (Lipinski definition) is 1. The molecule has 1 heterocycles. The highest BCUT2D eigenvalue weighted by atomic mass is 16.1. The Hall–Kier alpha value is -2.62. The molecule has 4 heteroatoms. The summed E-state index contributed by atoms with van der Waals surface area (Å²) in [5.41, 5.74) is 11.0. The zero-order valence-corrected chi connectivity index (χ0v) is 13.1. The Labute approximate surface area is 129 Å². The molecule has 0 fully saturated rings. The second-order valence-corrected chi connectivity index (χ2v) is 5.73. The van der Waals surface area contributed by atoms with Gasteiger partial charge in [0.2, 0.25) is 0 Å². The van der Waals surface area contributed by atoms with E-state index in [2.05, 4.69) is 18.9 Å². The Morgan fingerprint density at radius 3 is 2.32 bits per heavy atom. The molecule has 2 aromatic carbocycles. The Morgan fingerprint density at radius 1 is 1.09 bits per heavy atom. The Balaban J connectivity index is 2.21. The molecule has 0 atom stereocenters. The van der Waals surface area contributed by atoms with E-state index in [1.807, 2.05) is 36.4 Å². The van der Waals surface area contributed by atoms with Crippen LogP contribution in [0.3, 0.4) is 0 Å². The molecule has 0 aliphatic rings. The van der Waals surface area contributed by atoms with Crippen molar-refractivity contribution in [2.75, 3.05) is 5.73 Å². The predicted molar refractivity (Wildman–Crippen MR) is 90.1 cm³/mol. The van der Waals surface area contributed by atoms with Crippen LogP contribution in [0.1, 0.15) is 22.4 Å². The highest BCUT2D eigenvalue weighted by Gasteiger charge is 2.12. The van der Waals surface area contributed by atoms with Gasteiger partial charge in [-0.2, -0.15) is 5.10 Å². The number of aromatic nitrogens is 2. The maximum absolute atomic E-state index is 12.2. The number of rotatable bonds is 2. The lowest BCUT2D eigenvalue weighted by atomic mass is 9.96. The maximum Gasteiger partial charge on any atom is 0.274 e. The average molecular weight is 293 g/mol. The Morgan fingerprint density at radius 2 is 1.68 bits per heavy atom. The normalized spacial score (nSPS) is 11.0. The topological polar surface area (TPSA) is 60.9 Å². The molecule has 0 amide bonds. The van der Waals surface area contributed by atoms with Crippen molar-refractivity contribution in [1.82, 2.24) is 9.78 Å². The molecule has 0 aliphatic carbocycles. The Kier molecular flexibility index (Phi) is 3.45. The van der Waals surface area contributed by atoms with Crippen molar-refractivity contribution < 1.29 is 0 Å². The van der Waals surface area contributed by atoms with Gasteiger partial charge in [0.15, 0.2) is 0 Å². The summed E-state index contributed by atoms with van der Waals surface area (Å²) >= 11 is 0. The second-order valence-electron chi connectivity index (χ2n) is 5.73. The summed E-state index contributed by atoms with van der Waals surface area (Å²) < 4.78 is 1.42. The van der Waals surface area contributed by atoms with Gasteiger partial charge in [0.05, 0.1) is 11.1 Å². The van der Waals surface area contributed by atoms with Crippen molar-refractivity contribution >= 4 is 16.5 Å². The predicted octanol–water partition coefficient (Wildman–Crippen LogP) is 2.72. The van der Waals surface area contributed by atoms with Crippen LogP contribution in [0.25, 0.3) is 10.8 Å². The number of fused-ring (bicyclic) bond motifs is 1. The fraction of sp³-hybridized carbons (Fsp3) is 0.222. The van der Waals surface area contributed by atoms with Crippen molar-refractivity contribution in [3.05, 3.63) is 69.1 Å². The molecule has 0 radical (unpaired) electrons. The monoisotopic (exact) mass is 293 g/mol. The molecule has 3 rings (SSSR count). The second kappa shape index (κ2) is 5.30. The lowest BCUT2D eigenvalue weighted by molar-refractivity contribution is 0.696. The molecule has 3 aromatic rings. The smallest absolute Gasteiger partial charge is 0.274 e. The average Bonchev–Trinajstić information content (AvgIpc) is 2.47. The molecule has 0 saturated carbocycles. The van der Waals surface area contributed by atoms with E-state index in [-0.39, 0.29) is 5.56 Å². The first-order valence-corrected chi connectivity index (χ1v) is 7.28. The molecule has 0 bridgehead atoms. The van der Waals surface area contributed by atoms with Crippen LogP contribution < -0.4 is 11.3 Å². The van der Waals surface area contributed by atoms with Gasteiger partial charge in [-0.25, -0.2) is 4.68 Å². The fourth-order valence-electron chi connectivity index (χ4n) is 2.98. The number of benzene rings is 2. The molecule has 0 unspecified atom stereocenters. The van der Waals surface area contributed by atoms with Crippen LogP contribution in [-0.4, -0.2) is 9.78 Å². The lowest BCUT2D eigenvalue weighted by Gasteiger charge is -2.13. The molecule has 112 valence electrons. The first kappa shape index (κ1) is 14.3. The highest BCUT2D eigenvalue weighted by Crippen LogP contribution is 2.23. The quantitative estimate of drug-likeness (QED) is 0.739. The van der Waals surface area contributed by atoms with Crippen molar-refractivity contribution in [2.45, 2.75) is 20.3 Å². The van der Waals surface area contributed by atoms with E-state index in [0.717, 1.165) is 27.9 Å². The van der Waals surface area contributed by atoms with Crippen LogP contribution in [0.4, 0.5) is 5.69 Å². The van der Waals surface area contributed by atoms with Gasteiger partial charge in [0, 0.05) is 24.5 Å². The van der Waals surface area contributed by atoms with Crippen LogP contribution in [-0.2, 0) is 13.5 Å². The van der Waals surface area contributed by atoms with Gasteiger partial charge in [0.1, 0.15) is 0 Å². The first-order chi connectivity index (χ1) is 10.5. The molecule has 0 saturated heterocycles.